The number of nitrogens with zero attached hydrogens (tertiary/aromatic N) is 1. The smallest absolute Gasteiger partial charge is 0.244 e. The zero-order valence-electron chi connectivity index (χ0n) is 9.80. The van der Waals surface area contributed by atoms with Crippen molar-refractivity contribution >= 4 is 16.2 Å². The number of ether oxygens (including phenoxy) is 2. The standard InChI is InChI=1S/C10H14N2O4S/c1-15-9-5-4-8(6-10(9)16-2)7-11-12-17(3,13)14/h4-7,12H,1-3H3. The molecular formula is C10H14N2O4S. The van der Waals surface area contributed by atoms with Crippen molar-refractivity contribution in [3.05, 3.63) is 23.8 Å². The molecule has 0 saturated carbocycles. The highest BCUT2D eigenvalue weighted by Gasteiger charge is 2.03. The Balaban J connectivity index is 2.86. The molecule has 1 N–H and O–H groups in total. The topological polar surface area (TPSA) is 77.0 Å². The summed E-state index contributed by atoms with van der Waals surface area (Å²) in [7, 11) is -0.267. The van der Waals surface area contributed by atoms with Crippen molar-refractivity contribution in [1.82, 2.24) is 4.83 Å². The van der Waals surface area contributed by atoms with Gasteiger partial charge in [-0.2, -0.15) is 5.10 Å². The fourth-order valence-corrected chi connectivity index (χ4v) is 1.37. The van der Waals surface area contributed by atoms with E-state index in [1.54, 1.807) is 18.2 Å². The minimum absolute atomic E-state index is 0.552. The first-order valence-corrected chi connectivity index (χ1v) is 6.57. The Morgan fingerprint density at radius 1 is 1.24 bits per heavy atom. The molecular weight excluding hydrogens is 244 g/mol. The van der Waals surface area contributed by atoms with Gasteiger partial charge in [0, 0.05) is 0 Å². The number of rotatable bonds is 5. The van der Waals surface area contributed by atoms with Crippen molar-refractivity contribution in [2.75, 3.05) is 20.5 Å². The molecule has 0 atom stereocenters. The number of benzene rings is 1. The second-order valence-corrected chi connectivity index (χ2v) is 4.96. The largest absolute Gasteiger partial charge is 0.493 e. The van der Waals surface area contributed by atoms with E-state index in [2.05, 4.69) is 5.10 Å². The first-order valence-electron chi connectivity index (χ1n) is 4.68. The van der Waals surface area contributed by atoms with Gasteiger partial charge >= 0.3 is 0 Å². The Bertz CT molecular complexity index is 511. The molecule has 0 aliphatic carbocycles. The van der Waals surface area contributed by atoms with Gasteiger partial charge in [0.05, 0.1) is 26.7 Å². The van der Waals surface area contributed by atoms with Crippen LogP contribution in [0.25, 0.3) is 0 Å². The predicted octanol–water partition coefficient (Wildman–Crippen LogP) is 0.587. The molecule has 0 aliphatic heterocycles. The minimum Gasteiger partial charge on any atom is -0.493 e. The molecule has 17 heavy (non-hydrogen) atoms. The van der Waals surface area contributed by atoms with E-state index >= 15 is 0 Å². The maximum absolute atomic E-state index is 10.8. The molecule has 1 rings (SSSR count). The summed E-state index contributed by atoms with van der Waals surface area (Å²) >= 11 is 0. The molecule has 0 fully saturated rings. The highest BCUT2D eigenvalue weighted by molar-refractivity contribution is 7.88. The molecule has 0 spiro atoms. The maximum Gasteiger partial charge on any atom is 0.244 e. The molecule has 7 heteroatoms. The third-order valence-corrected chi connectivity index (χ3v) is 2.28. The number of hydrogen-bond acceptors (Lipinski definition) is 5. The zero-order chi connectivity index (χ0) is 12.9. The first kappa shape index (κ1) is 13.3. The predicted molar refractivity (Wildman–Crippen MR) is 65.1 cm³/mol. The number of hydrazone groups is 1. The summed E-state index contributed by atoms with van der Waals surface area (Å²) in [6, 6.07) is 5.13. The average molecular weight is 258 g/mol. The van der Waals surface area contributed by atoms with Crippen LogP contribution >= 0.6 is 0 Å². The van der Waals surface area contributed by atoms with Crippen LogP contribution in [0.2, 0.25) is 0 Å². The summed E-state index contributed by atoms with van der Waals surface area (Å²) < 4.78 is 31.7. The van der Waals surface area contributed by atoms with Crippen molar-refractivity contribution in [2.45, 2.75) is 0 Å². The summed E-state index contributed by atoms with van der Waals surface area (Å²) in [5, 5.41) is 3.58. The second-order valence-electron chi connectivity index (χ2n) is 3.24. The van der Waals surface area contributed by atoms with Gasteiger partial charge in [-0.15, -0.1) is 0 Å². The Morgan fingerprint density at radius 2 is 1.88 bits per heavy atom. The normalized spacial score (nSPS) is 11.5. The lowest BCUT2D eigenvalue weighted by atomic mass is 10.2. The summed E-state index contributed by atoms with van der Waals surface area (Å²) in [5.41, 5.74) is 0.693. The fraction of sp³-hybridized carbons (Fsp3) is 0.300. The minimum atomic E-state index is -3.33. The van der Waals surface area contributed by atoms with E-state index in [0.717, 1.165) is 6.26 Å². The van der Waals surface area contributed by atoms with E-state index in [1.807, 2.05) is 4.83 Å². The second kappa shape index (κ2) is 5.53. The Hall–Kier alpha value is -1.76. The van der Waals surface area contributed by atoms with Crippen molar-refractivity contribution in [3.8, 4) is 11.5 Å². The number of nitrogens with one attached hydrogen (secondary N) is 1. The van der Waals surface area contributed by atoms with Crippen molar-refractivity contribution in [1.29, 1.82) is 0 Å². The van der Waals surface area contributed by atoms with Gasteiger partial charge < -0.3 is 9.47 Å². The van der Waals surface area contributed by atoms with E-state index in [-0.39, 0.29) is 0 Å². The molecule has 0 saturated heterocycles. The van der Waals surface area contributed by atoms with Crippen molar-refractivity contribution in [2.24, 2.45) is 5.10 Å². The molecule has 0 radical (unpaired) electrons. The van der Waals surface area contributed by atoms with Crippen LogP contribution in [0.3, 0.4) is 0 Å². The number of sulfonamides is 1. The van der Waals surface area contributed by atoms with Crippen molar-refractivity contribution in [3.63, 3.8) is 0 Å². The van der Waals surface area contributed by atoms with Gasteiger partial charge in [-0.3, -0.25) is 0 Å². The van der Waals surface area contributed by atoms with Crippen LogP contribution in [0.15, 0.2) is 23.3 Å². The molecule has 0 aliphatic rings. The SMILES string of the molecule is COc1ccc(C=NNS(C)(=O)=O)cc1OC. The summed E-state index contributed by atoms with van der Waals surface area (Å²) in [5.74, 6) is 1.15. The van der Waals surface area contributed by atoms with Gasteiger partial charge in [0.15, 0.2) is 11.5 Å². The summed E-state index contributed by atoms with van der Waals surface area (Å²) in [6.07, 6.45) is 2.40. The number of hydrogen-bond donors (Lipinski definition) is 1. The van der Waals surface area contributed by atoms with Crippen LogP contribution in [-0.4, -0.2) is 35.1 Å². The van der Waals surface area contributed by atoms with Gasteiger partial charge in [0.25, 0.3) is 0 Å². The Morgan fingerprint density at radius 3 is 2.41 bits per heavy atom. The maximum atomic E-state index is 10.8. The number of methoxy groups -OCH3 is 2. The molecule has 94 valence electrons. The third-order valence-electron chi connectivity index (χ3n) is 1.84. The van der Waals surface area contributed by atoms with E-state index in [0.29, 0.717) is 17.1 Å². The van der Waals surface area contributed by atoms with Gasteiger partial charge in [-0.25, -0.2) is 13.2 Å². The molecule has 0 heterocycles. The van der Waals surface area contributed by atoms with Gasteiger partial charge in [0.2, 0.25) is 10.0 Å². The lowest BCUT2D eigenvalue weighted by Crippen LogP contribution is -2.15. The third kappa shape index (κ3) is 4.31. The monoisotopic (exact) mass is 258 g/mol. The summed E-state index contributed by atoms with van der Waals surface area (Å²) in [4.78, 5) is 2.01. The Labute approximate surface area is 100 Å². The van der Waals surface area contributed by atoms with Crippen LogP contribution < -0.4 is 14.3 Å². The molecule has 0 bridgehead atoms. The Kier molecular flexibility index (Phi) is 4.33. The van der Waals surface area contributed by atoms with Crippen LogP contribution in [0.5, 0.6) is 11.5 Å². The highest BCUT2D eigenvalue weighted by atomic mass is 32.2. The average Bonchev–Trinajstić information content (AvgIpc) is 2.27. The van der Waals surface area contributed by atoms with Crippen LogP contribution in [0.4, 0.5) is 0 Å². The molecule has 0 unspecified atom stereocenters. The molecule has 0 amide bonds. The molecule has 1 aromatic carbocycles. The van der Waals surface area contributed by atoms with E-state index < -0.39 is 10.0 Å². The van der Waals surface area contributed by atoms with E-state index in [4.69, 9.17) is 9.47 Å². The van der Waals surface area contributed by atoms with Crippen LogP contribution in [0.1, 0.15) is 5.56 Å². The van der Waals surface area contributed by atoms with Gasteiger partial charge in [0.1, 0.15) is 0 Å². The first-order chi connectivity index (χ1) is 7.96. The molecule has 6 nitrogen and oxygen atoms in total. The lowest BCUT2D eigenvalue weighted by molar-refractivity contribution is 0.355. The lowest BCUT2D eigenvalue weighted by Gasteiger charge is -2.07. The zero-order valence-corrected chi connectivity index (χ0v) is 10.6. The quantitative estimate of drug-likeness (QED) is 0.619. The van der Waals surface area contributed by atoms with Crippen LogP contribution in [-0.2, 0) is 10.0 Å². The van der Waals surface area contributed by atoms with Crippen molar-refractivity contribution < 1.29 is 17.9 Å². The molecule has 1 aromatic rings. The van der Waals surface area contributed by atoms with E-state index in [1.165, 1.54) is 20.4 Å². The van der Waals surface area contributed by atoms with Gasteiger partial charge in [-0.1, -0.05) is 0 Å². The molecule has 0 aromatic heterocycles. The highest BCUT2D eigenvalue weighted by Crippen LogP contribution is 2.26. The summed E-state index contributed by atoms with van der Waals surface area (Å²) in [6.45, 7) is 0. The van der Waals surface area contributed by atoms with Crippen LogP contribution in [0, 0.1) is 0 Å². The van der Waals surface area contributed by atoms with E-state index in [9.17, 15) is 8.42 Å². The fourth-order valence-electron chi connectivity index (χ4n) is 1.13. The van der Waals surface area contributed by atoms with Gasteiger partial charge in [-0.05, 0) is 23.8 Å².